The lowest BCUT2D eigenvalue weighted by Gasteiger charge is -2.17. The molecule has 1 aromatic heterocycles. The minimum Gasteiger partial charge on any atom is -0.347 e. The van der Waals surface area contributed by atoms with E-state index in [1.807, 2.05) is 0 Å². The van der Waals surface area contributed by atoms with Gasteiger partial charge in [0.15, 0.2) is 16.7 Å². The third-order valence-electron chi connectivity index (χ3n) is 5.06. The number of rotatable bonds is 6. The summed E-state index contributed by atoms with van der Waals surface area (Å²) in [6.45, 7) is 1.23. The van der Waals surface area contributed by atoms with Crippen LogP contribution in [0.2, 0.25) is 5.02 Å². The van der Waals surface area contributed by atoms with Crippen molar-refractivity contribution in [3.63, 3.8) is 0 Å². The van der Waals surface area contributed by atoms with Gasteiger partial charge in [0.2, 0.25) is 0 Å². The molecule has 0 amide bonds. The number of nitrogens with one attached hydrogen (secondary N) is 3. The van der Waals surface area contributed by atoms with Gasteiger partial charge in [-0.15, -0.1) is 0 Å². The Morgan fingerprint density at radius 3 is 2.42 bits per heavy atom. The van der Waals surface area contributed by atoms with E-state index in [2.05, 4.69) is 20.0 Å². The van der Waals surface area contributed by atoms with Crippen LogP contribution in [-0.2, 0) is 10.0 Å². The lowest BCUT2D eigenvalue weighted by Crippen LogP contribution is -2.36. The van der Waals surface area contributed by atoms with Crippen LogP contribution in [0.4, 0.5) is 13.2 Å². The van der Waals surface area contributed by atoms with Crippen molar-refractivity contribution in [3.05, 3.63) is 82.0 Å². The molecule has 0 saturated carbocycles. The molecule has 1 aliphatic heterocycles. The number of imidazole rings is 1. The highest BCUT2D eigenvalue weighted by Crippen LogP contribution is 2.33. The predicted octanol–water partition coefficient (Wildman–Crippen LogP) is 3.30. The van der Waals surface area contributed by atoms with Crippen LogP contribution in [0.15, 0.2) is 47.6 Å². The summed E-state index contributed by atoms with van der Waals surface area (Å²) in [5.74, 6) is -3.45. The van der Waals surface area contributed by atoms with Crippen LogP contribution in [0.3, 0.4) is 0 Å². The smallest absolute Gasteiger partial charge is 0.259 e. The van der Waals surface area contributed by atoms with E-state index in [-0.39, 0.29) is 27.5 Å². The Kier molecular flexibility index (Phi) is 6.07. The molecule has 1 fully saturated rings. The molecule has 2 atom stereocenters. The number of sulfonamides is 1. The first-order valence-corrected chi connectivity index (χ1v) is 11.3. The number of nitrogens with zero attached hydrogens (tertiary/aromatic N) is 1. The monoisotopic (exact) mass is 470 g/mol. The third kappa shape index (κ3) is 4.62. The van der Waals surface area contributed by atoms with Crippen molar-refractivity contribution in [3.8, 4) is 0 Å². The van der Waals surface area contributed by atoms with Crippen LogP contribution in [0.25, 0.3) is 0 Å². The zero-order valence-electron chi connectivity index (χ0n) is 16.0. The number of benzene rings is 2. The van der Waals surface area contributed by atoms with Crippen molar-refractivity contribution in [1.29, 1.82) is 0 Å². The predicted molar refractivity (Wildman–Crippen MR) is 109 cm³/mol. The zero-order valence-corrected chi connectivity index (χ0v) is 17.6. The SMILES string of the molecule is O=S(=O)(NC1CCNC1)c1c[nH]c(C(c2ccc(F)c(F)c2)c2ccc(F)c(Cl)c2)n1. The highest BCUT2D eigenvalue weighted by Gasteiger charge is 2.28. The Hall–Kier alpha value is -2.40. The molecule has 0 spiro atoms. The van der Waals surface area contributed by atoms with Gasteiger partial charge in [0.1, 0.15) is 11.6 Å². The second-order valence-corrected chi connectivity index (χ2v) is 9.28. The number of hydrogen-bond donors (Lipinski definition) is 3. The van der Waals surface area contributed by atoms with Gasteiger partial charge in [-0.05, 0) is 48.4 Å². The molecule has 0 radical (unpaired) electrons. The van der Waals surface area contributed by atoms with Gasteiger partial charge in [0, 0.05) is 18.8 Å². The van der Waals surface area contributed by atoms with Crippen LogP contribution in [0, 0.1) is 17.5 Å². The first-order valence-electron chi connectivity index (χ1n) is 9.43. The molecule has 1 aliphatic rings. The Morgan fingerprint density at radius 1 is 1.06 bits per heavy atom. The molecule has 164 valence electrons. The van der Waals surface area contributed by atoms with E-state index in [1.54, 1.807) is 0 Å². The molecule has 31 heavy (non-hydrogen) atoms. The fraction of sp³-hybridized carbons (Fsp3) is 0.250. The Morgan fingerprint density at radius 2 is 1.77 bits per heavy atom. The number of aromatic amines is 1. The fourth-order valence-corrected chi connectivity index (χ4v) is 4.91. The minimum atomic E-state index is -3.90. The third-order valence-corrected chi connectivity index (χ3v) is 6.75. The maximum atomic E-state index is 13.9. The molecule has 11 heteroatoms. The van der Waals surface area contributed by atoms with Crippen LogP contribution >= 0.6 is 11.6 Å². The number of H-pyrrole nitrogens is 1. The van der Waals surface area contributed by atoms with Gasteiger partial charge in [0.25, 0.3) is 10.0 Å². The topological polar surface area (TPSA) is 86.9 Å². The van der Waals surface area contributed by atoms with Crippen LogP contribution < -0.4 is 10.0 Å². The Bertz CT molecular complexity index is 1160. The van der Waals surface area contributed by atoms with Crippen LogP contribution in [-0.4, -0.2) is 37.5 Å². The molecule has 6 nitrogen and oxygen atoms in total. The normalized spacial score (nSPS) is 17.7. The van der Waals surface area contributed by atoms with Gasteiger partial charge >= 0.3 is 0 Å². The zero-order chi connectivity index (χ0) is 22.2. The van der Waals surface area contributed by atoms with Crippen molar-refractivity contribution in [2.45, 2.75) is 23.4 Å². The number of hydrogen-bond acceptors (Lipinski definition) is 4. The first-order chi connectivity index (χ1) is 14.7. The molecular formula is C20H18ClF3N4O2S. The molecule has 1 saturated heterocycles. The lowest BCUT2D eigenvalue weighted by atomic mass is 9.90. The van der Waals surface area contributed by atoms with Gasteiger partial charge in [-0.1, -0.05) is 23.7 Å². The molecule has 4 rings (SSSR count). The molecule has 2 heterocycles. The first kappa shape index (κ1) is 21.8. The molecule has 3 N–H and O–H groups in total. The van der Waals surface area contributed by atoms with Gasteiger partial charge in [0.05, 0.1) is 10.9 Å². The van der Waals surface area contributed by atoms with Gasteiger partial charge in [-0.25, -0.2) is 31.3 Å². The van der Waals surface area contributed by atoms with E-state index in [0.717, 1.165) is 18.2 Å². The maximum Gasteiger partial charge on any atom is 0.259 e. The van der Waals surface area contributed by atoms with Gasteiger partial charge in [-0.2, -0.15) is 0 Å². The van der Waals surface area contributed by atoms with Gasteiger partial charge in [-0.3, -0.25) is 0 Å². The summed E-state index contributed by atoms with van der Waals surface area (Å²) in [7, 11) is -3.90. The maximum absolute atomic E-state index is 13.9. The molecule has 2 unspecified atom stereocenters. The van der Waals surface area contributed by atoms with Crippen LogP contribution in [0.5, 0.6) is 0 Å². The van der Waals surface area contributed by atoms with E-state index >= 15 is 0 Å². The molecule has 0 aliphatic carbocycles. The van der Waals surface area contributed by atoms with Crippen molar-refractivity contribution in [2.24, 2.45) is 0 Å². The minimum absolute atomic E-state index is 0.151. The summed E-state index contributed by atoms with van der Waals surface area (Å²) in [6, 6.07) is 6.94. The molecule has 3 aromatic rings. The molecule has 2 aromatic carbocycles. The molecular weight excluding hydrogens is 453 g/mol. The van der Waals surface area contributed by atoms with Crippen molar-refractivity contribution in [2.75, 3.05) is 13.1 Å². The highest BCUT2D eigenvalue weighted by molar-refractivity contribution is 7.89. The van der Waals surface area contributed by atoms with Crippen molar-refractivity contribution < 1.29 is 21.6 Å². The quantitative estimate of drug-likeness (QED) is 0.516. The summed E-state index contributed by atoms with van der Waals surface area (Å²) in [5, 5.41) is 2.66. The summed E-state index contributed by atoms with van der Waals surface area (Å²) >= 11 is 5.91. The summed E-state index contributed by atoms with van der Waals surface area (Å²) in [6.07, 6.45) is 1.88. The Balaban J connectivity index is 1.75. The number of aromatic nitrogens is 2. The van der Waals surface area contributed by atoms with E-state index in [4.69, 9.17) is 11.6 Å². The molecule has 0 bridgehead atoms. The Labute approximate surface area is 181 Å². The van der Waals surface area contributed by atoms with E-state index in [9.17, 15) is 21.6 Å². The lowest BCUT2D eigenvalue weighted by molar-refractivity contribution is 0.506. The summed E-state index contributed by atoms with van der Waals surface area (Å²) in [5.41, 5.74) is 0.705. The van der Waals surface area contributed by atoms with Crippen molar-refractivity contribution >= 4 is 21.6 Å². The van der Waals surface area contributed by atoms with Crippen LogP contribution in [0.1, 0.15) is 29.3 Å². The fourth-order valence-electron chi connectivity index (χ4n) is 3.53. The highest BCUT2D eigenvalue weighted by atomic mass is 35.5. The van der Waals surface area contributed by atoms with E-state index in [0.29, 0.717) is 25.1 Å². The van der Waals surface area contributed by atoms with E-state index < -0.39 is 33.4 Å². The van der Waals surface area contributed by atoms with E-state index in [1.165, 1.54) is 24.4 Å². The second-order valence-electron chi connectivity index (χ2n) is 7.22. The standard InChI is InChI=1S/C20H18ClF3N4O2S/c21-14-7-11(1-3-15(14)22)19(12-2-4-16(23)17(24)8-12)20-26-10-18(27-20)31(29,30)28-13-5-6-25-9-13/h1-4,7-8,10,13,19,25,28H,5-6,9H2,(H,26,27). The van der Waals surface area contributed by atoms with Gasteiger partial charge < -0.3 is 10.3 Å². The number of halogens is 4. The second kappa shape index (κ2) is 8.62. The van der Waals surface area contributed by atoms with Crippen molar-refractivity contribution in [1.82, 2.24) is 20.0 Å². The average Bonchev–Trinajstić information content (AvgIpc) is 3.40. The average molecular weight is 471 g/mol. The summed E-state index contributed by atoms with van der Waals surface area (Å²) < 4.78 is 69.1. The summed E-state index contributed by atoms with van der Waals surface area (Å²) in [4.78, 5) is 7.00. The largest absolute Gasteiger partial charge is 0.347 e.